The Morgan fingerprint density at radius 2 is 1.83 bits per heavy atom. The first-order valence-corrected chi connectivity index (χ1v) is 8.14. The smallest absolute Gasteiger partial charge is 0.231 e. The Hall–Kier alpha value is -2.17. The Labute approximate surface area is 137 Å². The second kappa shape index (κ2) is 5.80. The standard InChI is InChI=1S/C18H24N4O/c1-14-5-7-15(8-6-14)18(11-17(18,2)3)16(23)19-9-4-10-22-12-20-21-13-22/h5-8,12-13H,4,9-11H2,1-3H3,(H,19,23)/t18-/m0/s1. The van der Waals surface area contributed by atoms with E-state index in [9.17, 15) is 4.79 Å². The molecule has 0 radical (unpaired) electrons. The summed E-state index contributed by atoms with van der Waals surface area (Å²) in [7, 11) is 0. The first kappa shape index (κ1) is 15.7. The lowest BCUT2D eigenvalue weighted by Gasteiger charge is -2.21. The molecule has 1 heterocycles. The highest BCUT2D eigenvalue weighted by molar-refractivity contribution is 5.93. The van der Waals surface area contributed by atoms with Crippen LogP contribution in [-0.4, -0.2) is 27.2 Å². The lowest BCUT2D eigenvalue weighted by Crippen LogP contribution is -2.38. The molecular formula is C18H24N4O. The minimum Gasteiger partial charge on any atom is -0.355 e. The van der Waals surface area contributed by atoms with Crippen LogP contribution >= 0.6 is 0 Å². The van der Waals surface area contributed by atoms with Crippen molar-refractivity contribution in [2.24, 2.45) is 5.41 Å². The van der Waals surface area contributed by atoms with E-state index in [4.69, 9.17) is 0 Å². The van der Waals surface area contributed by atoms with Crippen molar-refractivity contribution in [3.05, 3.63) is 48.0 Å². The summed E-state index contributed by atoms with van der Waals surface area (Å²) in [5, 5.41) is 10.7. The number of aryl methyl sites for hydroxylation is 2. The number of rotatable bonds is 6. The predicted molar refractivity (Wildman–Crippen MR) is 88.9 cm³/mol. The van der Waals surface area contributed by atoms with Gasteiger partial charge in [0.1, 0.15) is 12.7 Å². The van der Waals surface area contributed by atoms with E-state index >= 15 is 0 Å². The van der Waals surface area contributed by atoms with Crippen LogP contribution < -0.4 is 5.32 Å². The molecule has 122 valence electrons. The van der Waals surface area contributed by atoms with Crippen molar-refractivity contribution in [1.82, 2.24) is 20.1 Å². The van der Waals surface area contributed by atoms with Crippen LogP contribution in [0.15, 0.2) is 36.9 Å². The van der Waals surface area contributed by atoms with Crippen molar-refractivity contribution in [3.63, 3.8) is 0 Å². The van der Waals surface area contributed by atoms with E-state index in [2.05, 4.69) is 60.6 Å². The van der Waals surface area contributed by atoms with Gasteiger partial charge in [0.05, 0.1) is 5.41 Å². The number of carbonyl (C=O) groups excluding carboxylic acids is 1. The molecule has 0 saturated heterocycles. The normalized spacial score (nSPS) is 21.9. The molecule has 23 heavy (non-hydrogen) atoms. The second-order valence-corrected chi connectivity index (χ2v) is 7.14. The van der Waals surface area contributed by atoms with Crippen molar-refractivity contribution in [1.29, 1.82) is 0 Å². The molecule has 1 amide bonds. The van der Waals surface area contributed by atoms with Gasteiger partial charge in [0.25, 0.3) is 0 Å². The molecule has 1 atom stereocenters. The van der Waals surface area contributed by atoms with Gasteiger partial charge in [-0.25, -0.2) is 0 Å². The molecule has 3 rings (SSSR count). The highest BCUT2D eigenvalue weighted by Gasteiger charge is 2.66. The molecule has 1 saturated carbocycles. The van der Waals surface area contributed by atoms with Gasteiger partial charge < -0.3 is 9.88 Å². The van der Waals surface area contributed by atoms with E-state index in [1.807, 2.05) is 4.57 Å². The van der Waals surface area contributed by atoms with E-state index in [0.717, 1.165) is 24.9 Å². The maximum absolute atomic E-state index is 12.8. The summed E-state index contributed by atoms with van der Waals surface area (Å²) >= 11 is 0. The maximum Gasteiger partial charge on any atom is 0.231 e. The fourth-order valence-corrected chi connectivity index (χ4v) is 3.42. The average molecular weight is 312 g/mol. The Morgan fingerprint density at radius 3 is 2.39 bits per heavy atom. The molecule has 5 heteroatoms. The van der Waals surface area contributed by atoms with Crippen LogP contribution in [-0.2, 0) is 16.8 Å². The third kappa shape index (κ3) is 2.87. The van der Waals surface area contributed by atoms with Crippen LogP contribution in [0.4, 0.5) is 0 Å². The van der Waals surface area contributed by atoms with E-state index in [0.29, 0.717) is 6.54 Å². The molecule has 5 nitrogen and oxygen atoms in total. The summed E-state index contributed by atoms with van der Waals surface area (Å²) in [6.45, 7) is 7.89. The third-order valence-corrected chi connectivity index (χ3v) is 5.01. The molecule has 1 fully saturated rings. The van der Waals surface area contributed by atoms with E-state index in [1.54, 1.807) is 12.7 Å². The molecule has 0 spiro atoms. The number of aromatic nitrogens is 3. The first-order chi connectivity index (χ1) is 11.0. The number of benzene rings is 1. The molecule has 1 aromatic carbocycles. The third-order valence-electron chi connectivity index (χ3n) is 5.01. The maximum atomic E-state index is 12.8. The quantitative estimate of drug-likeness (QED) is 0.834. The van der Waals surface area contributed by atoms with Gasteiger partial charge in [0.2, 0.25) is 5.91 Å². The second-order valence-electron chi connectivity index (χ2n) is 7.14. The van der Waals surface area contributed by atoms with Crippen molar-refractivity contribution >= 4 is 5.91 Å². The molecule has 1 aliphatic rings. The van der Waals surface area contributed by atoms with Crippen molar-refractivity contribution in [2.75, 3.05) is 6.54 Å². The fraction of sp³-hybridized carbons (Fsp3) is 0.500. The van der Waals surface area contributed by atoms with Gasteiger partial charge in [-0.05, 0) is 30.7 Å². The summed E-state index contributed by atoms with van der Waals surface area (Å²) < 4.78 is 1.92. The molecule has 0 unspecified atom stereocenters. The summed E-state index contributed by atoms with van der Waals surface area (Å²) in [6, 6.07) is 8.37. The largest absolute Gasteiger partial charge is 0.355 e. The summed E-state index contributed by atoms with van der Waals surface area (Å²) in [5.74, 6) is 0.148. The Kier molecular flexibility index (Phi) is 3.96. The lowest BCUT2D eigenvalue weighted by molar-refractivity contribution is -0.124. The van der Waals surface area contributed by atoms with Gasteiger partial charge in [-0.1, -0.05) is 43.7 Å². The van der Waals surface area contributed by atoms with Crippen LogP contribution in [0.25, 0.3) is 0 Å². The van der Waals surface area contributed by atoms with E-state index in [-0.39, 0.29) is 16.7 Å². The topological polar surface area (TPSA) is 59.8 Å². The average Bonchev–Trinajstić information content (AvgIpc) is 2.88. The van der Waals surface area contributed by atoms with Gasteiger partial charge >= 0.3 is 0 Å². The van der Waals surface area contributed by atoms with Crippen LogP contribution in [0.1, 0.15) is 37.8 Å². The number of hydrogen-bond acceptors (Lipinski definition) is 3. The summed E-state index contributed by atoms with van der Waals surface area (Å²) in [6.07, 6.45) is 5.16. The van der Waals surface area contributed by atoms with Crippen LogP contribution in [0.2, 0.25) is 0 Å². The van der Waals surface area contributed by atoms with Gasteiger partial charge in [-0.15, -0.1) is 10.2 Å². The van der Waals surface area contributed by atoms with Gasteiger partial charge in [0, 0.05) is 13.1 Å². The molecule has 0 bridgehead atoms. The first-order valence-electron chi connectivity index (χ1n) is 8.14. The number of carbonyl (C=O) groups is 1. The number of nitrogens with zero attached hydrogens (tertiary/aromatic N) is 3. The minimum atomic E-state index is -0.378. The van der Waals surface area contributed by atoms with Crippen molar-refractivity contribution < 1.29 is 4.79 Å². The Balaban J connectivity index is 1.62. The number of nitrogens with one attached hydrogen (secondary N) is 1. The number of hydrogen-bond donors (Lipinski definition) is 1. The summed E-state index contributed by atoms with van der Waals surface area (Å²) in [4.78, 5) is 12.8. The highest BCUT2D eigenvalue weighted by Crippen LogP contribution is 2.64. The van der Waals surface area contributed by atoms with E-state index in [1.165, 1.54) is 5.56 Å². The monoisotopic (exact) mass is 312 g/mol. The zero-order chi connectivity index (χ0) is 16.5. The fourth-order valence-electron chi connectivity index (χ4n) is 3.42. The zero-order valence-corrected chi connectivity index (χ0v) is 14.0. The summed E-state index contributed by atoms with van der Waals surface area (Å²) in [5.41, 5.74) is 1.99. The molecule has 1 aromatic heterocycles. The molecular weight excluding hydrogens is 288 g/mol. The minimum absolute atomic E-state index is 0.0145. The van der Waals surface area contributed by atoms with E-state index < -0.39 is 0 Å². The molecule has 2 aromatic rings. The molecule has 1 N–H and O–H groups in total. The zero-order valence-electron chi connectivity index (χ0n) is 14.0. The molecule has 0 aliphatic heterocycles. The van der Waals surface area contributed by atoms with Crippen molar-refractivity contribution in [3.8, 4) is 0 Å². The Morgan fingerprint density at radius 1 is 1.22 bits per heavy atom. The van der Waals surface area contributed by atoms with Crippen molar-refractivity contribution in [2.45, 2.75) is 45.6 Å². The number of amides is 1. The lowest BCUT2D eigenvalue weighted by atomic mass is 9.86. The van der Waals surface area contributed by atoms with Crippen LogP contribution in [0.5, 0.6) is 0 Å². The predicted octanol–water partition coefficient (Wildman–Crippen LogP) is 2.46. The van der Waals surface area contributed by atoms with Gasteiger partial charge in [0.15, 0.2) is 0 Å². The van der Waals surface area contributed by atoms with Crippen LogP contribution in [0, 0.1) is 12.3 Å². The van der Waals surface area contributed by atoms with Gasteiger partial charge in [-0.2, -0.15) is 0 Å². The van der Waals surface area contributed by atoms with Crippen LogP contribution in [0.3, 0.4) is 0 Å². The van der Waals surface area contributed by atoms with Gasteiger partial charge in [-0.3, -0.25) is 4.79 Å². The highest BCUT2D eigenvalue weighted by atomic mass is 16.2. The molecule has 1 aliphatic carbocycles. The SMILES string of the molecule is Cc1ccc([C@]2(C(=O)NCCCn3cnnc3)CC2(C)C)cc1. The Bertz CT molecular complexity index is 676.